The van der Waals surface area contributed by atoms with E-state index < -0.39 is 5.41 Å². The summed E-state index contributed by atoms with van der Waals surface area (Å²) in [6.07, 6.45) is 5.48. The first-order valence-corrected chi connectivity index (χ1v) is 11.8. The third-order valence-electron chi connectivity index (χ3n) is 6.98. The molecule has 33 heavy (non-hydrogen) atoms. The molecule has 0 spiro atoms. The maximum Gasteiger partial charge on any atom is 0.236 e. The van der Waals surface area contributed by atoms with Crippen LogP contribution in [0.1, 0.15) is 37.7 Å². The standard InChI is InChI=1S/C27H27N3O3/c31-26(27(13-14-27)20-9-12-23-24(17-20)33-18-32-23)29-25-6-4-5-22(28-25)19-7-10-21(11-8-19)30-15-2-1-3-16-30/h4-12,17H,1-3,13-16,18H2,(H,28,29,31). The minimum Gasteiger partial charge on any atom is -0.454 e. The molecule has 0 atom stereocenters. The van der Waals surface area contributed by atoms with Crippen LogP contribution in [-0.2, 0) is 10.2 Å². The lowest BCUT2D eigenvalue weighted by atomic mass is 9.94. The van der Waals surface area contributed by atoms with Crippen LogP contribution < -0.4 is 19.7 Å². The number of amides is 1. The topological polar surface area (TPSA) is 63.7 Å². The second kappa shape index (κ2) is 8.10. The Morgan fingerprint density at radius 2 is 1.70 bits per heavy atom. The van der Waals surface area contributed by atoms with Crippen LogP contribution in [0, 0.1) is 0 Å². The molecule has 0 unspecified atom stereocenters. The molecular formula is C27H27N3O3. The van der Waals surface area contributed by atoms with Gasteiger partial charge >= 0.3 is 0 Å². The van der Waals surface area contributed by atoms with Crippen molar-refractivity contribution in [2.24, 2.45) is 0 Å². The fourth-order valence-corrected chi connectivity index (χ4v) is 4.86. The number of fused-ring (bicyclic) bond motifs is 1. The number of ether oxygens (including phenoxy) is 2. The van der Waals surface area contributed by atoms with Gasteiger partial charge in [-0.1, -0.05) is 24.3 Å². The number of aromatic nitrogens is 1. The molecule has 3 aliphatic rings. The molecule has 1 N–H and O–H groups in total. The molecule has 0 bridgehead atoms. The zero-order chi connectivity index (χ0) is 22.3. The number of benzene rings is 2. The molecule has 1 amide bonds. The predicted molar refractivity (Wildman–Crippen MR) is 128 cm³/mol. The van der Waals surface area contributed by atoms with Gasteiger partial charge in [0.1, 0.15) is 5.82 Å². The Balaban J connectivity index is 1.18. The van der Waals surface area contributed by atoms with Crippen molar-refractivity contribution in [2.75, 3.05) is 30.1 Å². The van der Waals surface area contributed by atoms with E-state index in [1.165, 1.54) is 24.9 Å². The molecule has 2 fully saturated rings. The van der Waals surface area contributed by atoms with Gasteiger partial charge in [-0.05, 0) is 74.1 Å². The summed E-state index contributed by atoms with van der Waals surface area (Å²) < 4.78 is 10.9. The molecule has 2 aliphatic heterocycles. The van der Waals surface area contributed by atoms with E-state index in [-0.39, 0.29) is 12.7 Å². The largest absolute Gasteiger partial charge is 0.454 e. The Bertz CT molecular complexity index is 1180. The number of hydrogen-bond donors (Lipinski definition) is 1. The number of rotatable bonds is 5. The fraction of sp³-hybridized carbons (Fsp3) is 0.333. The van der Waals surface area contributed by atoms with Crippen molar-refractivity contribution in [3.8, 4) is 22.8 Å². The van der Waals surface area contributed by atoms with Gasteiger partial charge < -0.3 is 19.7 Å². The molecule has 2 aromatic carbocycles. The molecule has 1 saturated carbocycles. The average Bonchev–Trinajstić information content (AvgIpc) is 3.56. The van der Waals surface area contributed by atoms with Gasteiger partial charge in [-0.2, -0.15) is 0 Å². The van der Waals surface area contributed by atoms with Crippen LogP contribution in [0.2, 0.25) is 0 Å². The van der Waals surface area contributed by atoms with Crippen molar-refractivity contribution in [1.82, 2.24) is 4.98 Å². The van der Waals surface area contributed by atoms with E-state index in [9.17, 15) is 4.79 Å². The molecular weight excluding hydrogens is 414 g/mol. The van der Waals surface area contributed by atoms with Crippen molar-refractivity contribution in [1.29, 1.82) is 0 Å². The van der Waals surface area contributed by atoms with Crippen LogP contribution in [0.25, 0.3) is 11.3 Å². The Hall–Kier alpha value is -3.54. The molecule has 1 aliphatic carbocycles. The Morgan fingerprint density at radius 3 is 2.48 bits per heavy atom. The summed E-state index contributed by atoms with van der Waals surface area (Å²) in [5, 5.41) is 3.05. The van der Waals surface area contributed by atoms with E-state index in [0.29, 0.717) is 11.6 Å². The van der Waals surface area contributed by atoms with E-state index >= 15 is 0 Å². The highest BCUT2D eigenvalue weighted by Crippen LogP contribution is 2.51. The van der Waals surface area contributed by atoms with Crippen molar-refractivity contribution in [3.63, 3.8) is 0 Å². The number of carbonyl (C=O) groups is 1. The second-order valence-corrected chi connectivity index (χ2v) is 9.11. The lowest BCUT2D eigenvalue weighted by Gasteiger charge is -2.28. The maximum atomic E-state index is 13.2. The molecule has 6 rings (SSSR count). The molecule has 0 radical (unpaired) electrons. The van der Waals surface area contributed by atoms with Crippen LogP contribution in [0.5, 0.6) is 11.5 Å². The van der Waals surface area contributed by atoms with E-state index in [2.05, 4.69) is 34.5 Å². The first-order valence-electron chi connectivity index (χ1n) is 11.8. The smallest absolute Gasteiger partial charge is 0.236 e. The van der Waals surface area contributed by atoms with Crippen molar-refractivity contribution >= 4 is 17.4 Å². The Labute approximate surface area is 193 Å². The van der Waals surface area contributed by atoms with Gasteiger partial charge in [0, 0.05) is 24.3 Å². The van der Waals surface area contributed by atoms with Crippen LogP contribution in [0.15, 0.2) is 60.7 Å². The predicted octanol–water partition coefficient (Wildman–Crippen LogP) is 5.14. The van der Waals surface area contributed by atoms with Crippen molar-refractivity contribution in [2.45, 2.75) is 37.5 Å². The molecule has 3 heterocycles. The quantitative estimate of drug-likeness (QED) is 0.594. The Morgan fingerprint density at radius 1 is 0.909 bits per heavy atom. The summed E-state index contributed by atoms with van der Waals surface area (Å²) in [5.74, 6) is 1.99. The van der Waals surface area contributed by atoms with Crippen LogP contribution in [-0.4, -0.2) is 30.8 Å². The summed E-state index contributed by atoms with van der Waals surface area (Å²) in [5.41, 5.74) is 3.61. The average molecular weight is 442 g/mol. The van der Waals surface area contributed by atoms with Gasteiger partial charge in [-0.25, -0.2) is 4.98 Å². The fourth-order valence-electron chi connectivity index (χ4n) is 4.86. The van der Waals surface area contributed by atoms with Gasteiger partial charge in [-0.15, -0.1) is 0 Å². The molecule has 1 saturated heterocycles. The SMILES string of the molecule is O=C(Nc1cccc(-c2ccc(N3CCCCC3)cc2)n1)C1(c2ccc3c(c2)OCO3)CC1. The molecule has 6 heteroatoms. The lowest BCUT2D eigenvalue weighted by molar-refractivity contribution is -0.118. The van der Waals surface area contributed by atoms with Gasteiger partial charge in [0.05, 0.1) is 11.1 Å². The zero-order valence-corrected chi connectivity index (χ0v) is 18.5. The minimum atomic E-state index is -0.519. The normalized spacial score (nSPS) is 18.1. The zero-order valence-electron chi connectivity index (χ0n) is 18.5. The third-order valence-corrected chi connectivity index (χ3v) is 6.98. The maximum absolute atomic E-state index is 13.2. The van der Waals surface area contributed by atoms with Crippen molar-refractivity contribution in [3.05, 3.63) is 66.2 Å². The molecule has 6 nitrogen and oxygen atoms in total. The van der Waals surface area contributed by atoms with E-state index in [0.717, 1.165) is 48.5 Å². The van der Waals surface area contributed by atoms with Gasteiger partial charge in [0.15, 0.2) is 11.5 Å². The van der Waals surface area contributed by atoms with E-state index in [1.807, 2.05) is 36.4 Å². The highest BCUT2D eigenvalue weighted by Gasteiger charge is 2.51. The third kappa shape index (κ3) is 3.80. The van der Waals surface area contributed by atoms with Crippen LogP contribution >= 0.6 is 0 Å². The number of anilines is 2. The summed E-state index contributed by atoms with van der Waals surface area (Å²) in [7, 11) is 0. The summed E-state index contributed by atoms with van der Waals surface area (Å²) in [4.78, 5) is 20.4. The Kier molecular flexibility index (Phi) is 4.93. The highest BCUT2D eigenvalue weighted by atomic mass is 16.7. The number of pyridine rings is 1. The minimum absolute atomic E-state index is 0.0218. The number of carbonyl (C=O) groups excluding carboxylic acids is 1. The number of nitrogens with zero attached hydrogens (tertiary/aromatic N) is 2. The molecule has 168 valence electrons. The monoisotopic (exact) mass is 441 g/mol. The van der Waals surface area contributed by atoms with Crippen molar-refractivity contribution < 1.29 is 14.3 Å². The second-order valence-electron chi connectivity index (χ2n) is 9.11. The van der Waals surface area contributed by atoms with E-state index in [1.54, 1.807) is 0 Å². The highest BCUT2D eigenvalue weighted by molar-refractivity contribution is 6.01. The van der Waals surface area contributed by atoms with Crippen LogP contribution in [0.4, 0.5) is 11.5 Å². The summed E-state index contributed by atoms with van der Waals surface area (Å²) in [6, 6.07) is 20.1. The van der Waals surface area contributed by atoms with E-state index in [4.69, 9.17) is 14.5 Å². The first kappa shape index (κ1) is 20.1. The summed E-state index contributed by atoms with van der Waals surface area (Å²) in [6.45, 7) is 2.49. The van der Waals surface area contributed by atoms with Gasteiger partial charge in [-0.3, -0.25) is 4.79 Å². The number of hydrogen-bond acceptors (Lipinski definition) is 5. The van der Waals surface area contributed by atoms with Gasteiger partial charge in [0.25, 0.3) is 0 Å². The number of nitrogens with one attached hydrogen (secondary N) is 1. The summed E-state index contributed by atoms with van der Waals surface area (Å²) >= 11 is 0. The lowest BCUT2D eigenvalue weighted by Crippen LogP contribution is -2.29. The first-order chi connectivity index (χ1) is 16.2. The van der Waals surface area contributed by atoms with Crippen LogP contribution in [0.3, 0.4) is 0 Å². The molecule has 1 aromatic heterocycles. The number of piperidine rings is 1. The molecule has 3 aromatic rings. The van der Waals surface area contributed by atoms with Gasteiger partial charge in [0.2, 0.25) is 12.7 Å².